The molecular formula is C16H17NO2. The van der Waals surface area contributed by atoms with Gasteiger partial charge in [-0.1, -0.05) is 18.2 Å². The Morgan fingerprint density at radius 1 is 1.32 bits per heavy atom. The van der Waals surface area contributed by atoms with E-state index in [-0.39, 0.29) is 5.56 Å². The lowest BCUT2D eigenvalue weighted by Crippen LogP contribution is -2.22. The van der Waals surface area contributed by atoms with Crippen LogP contribution in [0.1, 0.15) is 16.7 Å². The van der Waals surface area contributed by atoms with Gasteiger partial charge in [-0.25, -0.2) is 0 Å². The predicted molar refractivity (Wildman–Crippen MR) is 74.8 cm³/mol. The predicted octanol–water partition coefficient (Wildman–Crippen LogP) is 2.33. The van der Waals surface area contributed by atoms with E-state index >= 15 is 0 Å². The average Bonchev–Trinajstić information content (AvgIpc) is 2.88. The highest BCUT2D eigenvalue weighted by Gasteiger charge is 2.11. The third-order valence-corrected chi connectivity index (χ3v) is 3.61. The van der Waals surface area contributed by atoms with Crippen LogP contribution in [0.3, 0.4) is 0 Å². The van der Waals surface area contributed by atoms with Crippen LogP contribution in [0.4, 0.5) is 0 Å². The molecule has 1 aliphatic heterocycles. The molecule has 3 heteroatoms. The van der Waals surface area contributed by atoms with Crippen LogP contribution in [0.2, 0.25) is 0 Å². The fourth-order valence-electron chi connectivity index (χ4n) is 2.48. The summed E-state index contributed by atoms with van der Waals surface area (Å²) in [6.45, 7) is 3.36. The number of rotatable bonds is 3. The van der Waals surface area contributed by atoms with E-state index in [9.17, 15) is 4.79 Å². The molecule has 3 rings (SSSR count). The third-order valence-electron chi connectivity index (χ3n) is 3.61. The zero-order valence-electron chi connectivity index (χ0n) is 11.1. The van der Waals surface area contributed by atoms with Gasteiger partial charge in [0.15, 0.2) is 0 Å². The number of aromatic nitrogens is 1. The Balaban J connectivity index is 1.76. The Morgan fingerprint density at radius 3 is 3.11 bits per heavy atom. The summed E-state index contributed by atoms with van der Waals surface area (Å²) >= 11 is 0. The fourth-order valence-corrected chi connectivity index (χ4v) is 2.48. The lowest BCUT2D eigenvalue weighted by Gasteiger charge is -2.07. The summed E-state index contributed by atoms with van der Waals surface area (Å²) in [5.74, 6) is 1.01. The van der Waals surface area contributed by atoms with Gasteiger partial charge in [0.05, 0.1) is 6.61 Å². The van der Waals surface area contributed by atoms with Crippen LogP contribution in [0.15, 0.2) is 41.3 Å². The Bertz CT molecular complexity index is 658. The van der Waals surface area contributed by atoms with Gasteiger partial charge in [0.1, 0.15) is 5.75 Å². The SMILES string of the molecule is Cc1cccn(CCc2ccc3c(c2)CCO3)c1=O. The van der Waals surface area contributed by atoms with E-state index in [0.29, 0.717) is 0 Å². The van der Waals surface area contributed by atoms with Crippen molar-refractivity contribution < 1.29 is 4.74 Å². The van der Waals surface area contributed by atoms with Crippen molar-refractivity contribution in [2.24, 2.45) is 0 Å². The molecule has 1 aromatic carbocycles. The summed E-state index contributed by atoms with van der Waals surface area (Å²) in [5, 5.41) is 0. The highest BCUT2D eigenvalue weighted by Crippen LogP contribution is 2.26. The molecule has 19 heavy (non-hydrogen) atoms. The van der Waals surface area contributed by atoms with E-state index in [1.165, 1.54) is 11.1 Å². The standard InChI is InChI=1S/C16H17NO2/c1-12-3-2-8-17(16(12)18)9-6-13-4-5-15-14(11-13)7-10-19-15/h2-5,8,11H,6-7,9-10H2,1H3. The van der Waals surface area contributed by atoms with Crippen LogP contribution < -0.4 is 10.3 Å². The Labute approximate surface area is 112 Å². The van der Waals surface area contributed by atoms with Crippen molar-refractivity contribution in [3.8, 4) is 5.75 Å². The highest BCUT2D eigenvalue weighted by atomic mass is 16.5. The first kappa shape index (κ1) is 12.0. The second-order valence-electron chi connectivity index (χ2n) is 4.98. The summed E-state index contributed by atoms with van der Waals surface area (Å²) < 4.78 is 7.27. The maximum atomic E-state index is 11.9. The van der Waals surface area contributed by atoms with Gasteiger partial charge in [0, 0.05) is 24.7 Å². The zero-order chi connectivity index (χ0) is 13.2. The highest BCUT2D eigenvalue weighted by molar-refractivity contribution is 5.39. The quantitative estimate of drug-likeness (QED) is 0.843. The molecule has 0 amide bonds. The molecule has 0 spiro atoms. The summed E-state index contributed by atoms with van der Waals surface area (Å²) in [5.41, 5.74) is 3.45. The number of pyridine rings is 1. The number of benzene rings is 1. The van der Waals surface area contributed by atoms with Gasteiger partial charge in [-0.2, -0.15) is 0 Å². The maximum Gasteiger partial charge on any atom is 0.253 e. The Morgan fingerprint density at radius 2 is 2.21 bits per heavy atom. The van der Waals surface area contributed by atoms with E-state index < -0.39 is 0 Å². The second kappa shape index (κ2) is 4.92. The first-order chi connectivity index (χ1) is 9.24. The minimum Gasteiger partial charge on any atom is -0.493 e. The molecule has 1 aromatic heterocycles. The van der Waals surface area contributed by atoms with Crippen molar-refractivity contribution in [3.05, 3.63) is 63.6 Å². The van der Waals surface area contributed by atoms with Crippen LogP contribution in [-0.4, -0.2) is 11.2 Å². The van der Waals surface area contributed by atoms with Crippen molar-refractivity contribution in [2.45, 2.75) is 26.3 Å². The van der Waals surface area contributed by atoms with Gasteiger partial charge in [0.2, 0.25) is 0 Å². The van der Waals surface area contributed by atoms with Crippen molar-refractivity contribution in [1.29, 1.82) is 0 Å². The van der Waals surface area contributed by atoms with E-state index in [4.69, 9.17) is 4.74 Å². The van der Waals surface area contributed by atoms with Crippen LogP contribution in [0, 0.1) is 6.92 Å². The van der Waals surface area contributed by atoms with Crippen molar-refractivity contribution in [2.75, 3.05) is 6.61 Å². The molecule has 0 bridgehead atoms. The lowest BCUT2D eigenvalue weighted by atomic mass is 10.1. The normalized spacial score (nSPS) is 13.1. The van der Waals surface area contributed by atoms with Crippen LogP contribution in [0.25, 0.3) is 0 Å². The topological polar surface area (TPSA) is 31.2 Å². The van der Waals surface area contributed by atoms with E-state index in [1.807, 2.05) is 31.3 Å². The van der Waals surface area contributed by atoms with E-state index in [2.05, 4.69) is 12.1 Å². The summed E-state index contributed by atoms with van der Waals surface area (Å²) in [6.07, 6.45) is 3.72. The molecule has 1 aliphatic rings. The molecule has 2 heterocycles. The third kappa shape index (κ3) is 2.41. The largest absolute Gasteiger partial charge is 0.493 e. The molecule has 0 atom stereocenters. The van der Waals surface area contributed by atoms with Gasteiger partial charge < -0.3 is 9.30 Å². The van der Waals surface area contributed by atoms with Crippen molar-refractivity contribution in [3.63, 3.8) is 0 Å². The summed E-state index contributed by atoms with van der Waals surface area (Å²) in [6, 6.07) is 10.1. The second-order valence-corrected chi connectivity index (χ2v) is 4.98. The van der Waals surface area contributed by atoms with Gasteiger partial charge in [-0.05, 0) is 36.6 Å². The smallest absolute Gasteiger partial charge is 0.253 e. The zero-order valence-corrected chi connectivity index (χ0v) is 11.1. The molecular weight excluding hydrogens is 238 g/mol. The molecule has 3 nitrogen and oxygen atoms in total. The van der Waals surface area contributed by atoms with Gasteiger partial charge in [-0.15, -0.1) is 0 Å². The molecule has 0 N–H and O–H groups in total. The van der Waals surface area contributed by atoms with Crippen LogP contribution >= 0.6 is 0 Å². The molecule has 2 aromatic rings. The van der Waals surface area contributed by atoms with Gasteiger partial charge in [0.25, 0.3) is 5.56 Å². The van der Waals surface area contributed by atoms with Crippen molar-refractivity contribution in [1.82, 2.24) is 4.57 Å². The van der Waals surface area contributed by atoms with Gasteiger partial charge >= 0.3 is 0 Å². The van der Waals surface area contributed by atoms with Crippen LogP contribution in [-0.2, 0) is 19.4 Å². The fraction of sp³-hybridized carbons (Fsp3) is 0.312. The van der Waals surface area contributed by atoms with Crippen LogP contribution in [0.5, 0.6) is 5.75 Å². The molecule has 98 valence electrons. The summed E-state index contributed by atoms with van der Waals surface area (Å²) in [7, 11) is 0. The molecule has 0 aliphatic carbocycles. The molecule has 0 radical (unpaired) electrons. The molecule has 0 saturated heterocycles. The number of hydrogen-bond acceptors (Lipinski definition) is 2. The minimum atomic E-state index is 0.104. The Kier molecular flexibility index (Phi) is 3.11. The monoisotopic (exact) mass is 255 g/mol. The lowest BCUT2D eigenvalue weighted by molar-refractivity contribution is 0.357. The van der Waals surface area contributed by atoms with E-state index in [0.717, 1.165) is 37.3 Å². The first-order valence-corrected chi connectivity index (χ1v) is 6.65. The van der Waals surface area contributed by atoms with Gasteiger partial charge in [-0.3, -0.25) is 4.79 Å². The summed E-state index contributed by atoms with van der Waals surface area (Å²) in [4.78, 5) is 11.9. The minimum absolute atomic E-state index is 0.104. The Hall–Kier alpha value is -2.03. The number of aryl methyl sites for hydroxylation is 3. The number of nitrogens with zero attached hydrogens (tertiary/aromatic N) is 1. The maximum absolute atomic E-state index is 11.9. The average molecular weight is 255 g/mol. The molecule has 0 unspecified atom stereocenters. The molecule has 0 saturated carbocycles. The van der Waals surface area contributed by atoms with Crippen molar-refractivity contribution >= 4 is 0 Å². The molecule has 0 fully saturated rings. The van der Waals surface area contributed by atoms with E-state index in [1.54, 1.807) is 4.57 Å². The number of ether oxygens (including phenoxy) is 1. The number of hydrogen-bond donors (Lipinski definition) is 0. The first-order valence-electron chi connectivity index (χ1n) is 6.65. The number of fused-ring (bicyclic) bond motifs is 1.